The van der Waals surface area contributed by atoms with Gasteiger partial charge < -0.3 is 25.7 Å². The number of hydrogen-bond acceptors (Lipinski definition) is 7. The van der Waals surface area contributed by atoms with Crippen LogP contribution in [0.15, 0.2) is 48.5 Å². The molecule has 0 fully saturated rings. The summed E-state index contributed by atoms with van der Waals surface area (Å²) in [6.45, 7) is 0.673. The van der Waals surface area contributed by atoms with Crippen LogP contribution in [0.25, 0.3) is 6.08 Å². The first kappa shape index (κ1) is 22.8. The first-order chi connectivity index (χ1) is 14.5. The molecule has 0 amide bonds. The number of anilines is 2. The Morgan fingerprint density at radius 1 is 0.867 bits per heavy atom. The van der Waals surface area contributed by atoms with Gasteiger partial charge in [0, 0.05) is 17.5 Å². The molecular weight excluding hydrogens is 384 g/mol. The van der Waals surface area contributed by atoms with Crippen LogP contribution in [0.3, 0.4) is 0 Å². The highest BCUT2D eigenvalue weighted by atomic mass is 16.5. The van der Waals surface area contributed by atoms with Crippen molar-refractivity contribution in [3.8, 4) is 5.75 Å². The highest BCUT2D eigenvalue weighted by molar-refractivity contribution is 5.91. The largest absolute Gasteiger partial charge is 0.497 e. The van der Waals surface area contributed by atoms with Crippen molar-refractivity contribution in [3.05, 3.63) is 59.7 Å². The molecule has 0 saturated carbocycles. The Kier molecular flexibility index (Phi) is 9.24. The van der Waals surface area contributed by atoms with E-state index in [0.717, 1.165) is 37.0 Å². The molecule has 0 saturated heterocycles. The van der Waals surface area contributed by atoms with E-state index in [1.54, 1.807) is 19.3 Å². The van der Waals surface area contributed by atoms with Crippen molar-refractivity contribution in [2.75, 3.05) is 31.8 Å². The van der Waals surface area contributed by atoms with Gasteiger partial charge in [-0.3, -0.25) is 0 Å². The molecule has 2 aromatic rings. The Labute approximate surface area is 176 Å². The number of ether oxygens (including phenoxy) is 3. The SMILES string of the molecule is COc1ccc(C=CC(=O)OCCCCCCOC(=O)c2cc(N)cc(N)c2)cc1. The maximum absolute atomic E-state index is 12.0. The van der Waals surface area contributed by atoms with Gasteiger partial charge in [-0.1, -0.05) is 12.1 Å². The molecule has 30 heavy (non-hydrogen) atoms. The molecule has 7 nitrogen and oxygen atoms in total. The summed E-state index contributed by atoms with van der Waals surface area (Å²) in [6.07, 6.45) is 6.33. The molecule has 0 spiro atoms. The van der Waals surface area contributed by atoms with Gasteiger partial charge >= 0.3 is 11.9 Å². The van der Waals surface area contributed by atoms with Crippen LogP contribution in [0.4, 0.5) is 11.4 Å². The summed E-state index contributed by atoms with van der Waals surface area (Å²) < 4.78 is 15.5. The van der Waals surface area contributed by atoms with E-state index >= 15 is 0 Å². The second-order valence-electron chi connectivity index (χ2n) is 6.71. The number of carbonyl (C=O) groups is 2. The van der Waals surface area contributed by atoms with Gasteiger partial charge in [-0.05, 0) is 67.7 Å². The van der Waals surface area contributed by atoms with Crippen molar-refractivity contribution < 1.29 is 23.8 Å². The molecule has 0 atom stereocenters. The number of carbonyl (C=O) groups excluding carboxylic acids is 2. The summed E-state index contributed by atoms with van der Waals surface area (Å²) in [6, 6.07) is 12.0. The van der Waals surface area contributed by atoms with Gasteiger partial charge in [0.05, 0.1) is 25.9 Å². The minimum absolute atomic E-state index is 0.317. The fraction of sp³-hybridized carbons (Fsp3) is 0.304. The van der Waals surface area contributed by atoms with Crippen LogP contribution in [0.5, 0.6) is 5.75 Å². The van der Waals surface area contributed by atoms with Crippen molar-refractivity contribution >= 4 is 29.4 Å². The molecule has 0 aliphatic heterocycles. The maximum atomic E-state index is 12.0. The summed E-state index contributed by atoms with van der Waals surface area (Å²) in [5, 5.41) is 0. The first-order valence-corrected chi connectivity index (χ1v) is 9.80. The van der Waals surface area contributed by atoms with Gasteiger partial charge in [0.15, 0.2) is 0 Å². The van der Waals surface area contributed by atoms with Gasteiger partial charge in [0.1, 0.15) is 5.75 Å². The third-order valence-electron chi connectivity index (χ3n) is 4.26. The van der Waals surface area contributed by atoms with E-state index in [9.17, 15) is 9.59 Å². The number of rotatable bonds is 11. The third-order valence-corrected chi connectivity index (χ3v) is 4.26. The quantitative estimate of drug-likeness (QED) is 0.249. The van der Waals surface area contributed by atoms with E-state index < -0.39 is 5.97 Å². The Morgan fingerprint density at radius 2 is 1.47 bits per heavy atom. The molecule has 0 radical (unpaired) electrons. The predicted octanol–water partition coefficient (Wildman–Crippen LogP) is 3.83. The standard InChI is InChI=1S/C23H28N2O5/c1-28-21-9-6-17(7-10-21)8-11-22(26)29-12-4-2-3-5-13-30-23(27)18-14-19(24)16-20(25)15-18/h6-11,14-16H,2-5,12-13,24-25H2,1H3. The second kappa shape index (κ2) is 12.2. The predicted molar refractivity (Wildman–Crippen MR) is 117 cm³/mol. The number of nitrogens with two attached hydrogens (primary N) is 2. The fourth-order valence-corrected chi connectivity index (χ4v) is 2.70. The van der Waals surface area contributed by atoms with E-state index in [1.807, 2.05) is 24.3 Å². The van der Waals surface area contributed by atoms with Crippen LogP contribution in [0.1, 0.15) is 41.6 Å². The topological polar surface area (TPSA) is 114 Å². The van der Waals surface area contributed by atoms with E-state index in [1.165, 1.54) is 18.2 Å². The summed E-state index contributed by atoms with van der Waals surface area (Å²) in [5.41, 5.74) is 13.4. The first-order valence-electron chi connectivity index (χ1n) is 9.80. The van der Waals surface area contributed by atoms with Gasteiger partial charge in [0.25, 0.3) is 0 Å². The highest BCUT2D eigenvalue weighted by Gasteiger charge is 2.08. The van der Waals surface area contributed by atoms with Crippen LogP contribution < -0.4 is 16.2 Å². The second-order valence-corrected chi connectivity index (χ2v) is 6.71. The molecular formula is C23H28N2O5. The number of unbranched alkanes of at least 4 members (excludes halogenated alkanes) is 3. The van der Waals surface area contributed by atoms with Gasteiger partial charge in [0.2, 0.25) is 0 Å². The van der Waals surface area contributed by atoms with E-state index in [4.69, 9.17) is 25.7 Å². The molecule has 7 heteroatoms. The number of methoxy groups -OCH3 is 1. The molecule has 2 rings (SSSR count). The number of esters is 2. The Morgan fingerprint density at radius 3 is 2.07 bits per heavy atom. The Bertz CT molecular complexity index is 842. The molecule has 0 aliphatic rings. The minimum Gasteiger partial charge on any atom is -0.497 e. The number of nitrogen functional groups attached to an aromatic ring is 2. The highest BCUT2D eigenvalue weighted by Crippen LogP contribution is 2.15. The zero-order chi connectivity index (χ0) is 21.8. The normalized spacial score (nSPS) is 10.7. The number of benzene rings is 2. The zero-order valence-electron chi connectivity index (χ0n) is 17.1. The summed E-state index contributed by atoms with van der Waals surface area (Å²) in [5.74, 6) is -0.0494. The number of hydrogen-bond donors (Lipinski definition) is 2. The lowest BCUT2D eigenvalue weighted by atomic mass is 10.2. The van der Waals surface area contributed by atoms with E-state index in [0.29, 0.717) is 30.2 Å². The van der Waals surface area contributed by atoms with Crippen molar-refractivity contribution in [1.82, 2.24) is 0 Å². The van der Waals surface area contributed by atoms with E-state index in [-0.39, 0.29) is 5.97 Å². The molecule has 0 unspecified atom stereocenters. The van der Waals surface area contributed by atoms with Crippen LogP contribution >= 0.6 is 0 Å². The molecule has 0 bridgehead atoms. The molecule has 2 aromatic carbocycles. The summed E-state index contributed by atoms with van der Waals surface area (Å²) in [7, 11) is 1.60. The Hall–Kier alpha value is -3.48. The molecule has 160 valence electrons. The monoisotopic (exact) mass is 412 g/mol. The van der Waals surface area contributed by atoms with Crippen LogP contribution in [0.2, 0.25) is 0 Å². The lowest BCUT2D eigenvalue weighted by Crippen LogP contribution is -2.08. The van der Waals surface area contributed by atoms with Gasteiger partial charge in [-0.15, -0.1) is 0 Å². The lowest BCUT2D eigenvalue weighted by molar-refractivity contribution is -0.137. The zero-order valence-corrected chi connectivity index (χ0v) is 17.1. The van der Waals surface area contributed by atoms with Crippen molar-refractivity contribution in [3.63, 3.8) is 0 Å². The minimum atomic E-state index is -0.438. The summed E-state index contributed by atoms with van der Waals surface area (Å²) >= 11 is 0. The third kappa shape index (κ3) is 8.26. The molecule has 0 heterocycles. The molecule has 0 aromatic heterocycles. The molecule has 4 N–H and O–H groups in total. The molecule has 0 aliphatic carbocycles. The smallest absolute Gasteiger partial charge is 0.338 e. The van der Waals surface area contributed by atoms with Crippen molar-refractivity contribution in [2.45, 2.75) is 25.7 Å². The van der Waals surface area contributed by atoms with Crippen LogP contribution in [-0.4, -0.2) is 32.3 Å². The van der Waals surface area contributed by atoms with Crippen LogP contribution in [-0.2, 0) is 14.3 Å². The Balaban J connectivity index is 1.53. The average molecular weight is 412 g/mol. The average Bonchev–Trinajstić information content (AvgIpc) is 2.73. The summed E-state index contributed by atoms with van der Waals surface area (Å²) in [4.78, 5) is 23.7. The van der Waals surface area contributed by atoms with E-state index in [2.05, 4.69) is 0 Å². The maximum Gasteiger partial charge on any atom is 0.338 e. The fourth-order valence-electron chi connectivity index (χ4n) is 2.70. The van der Waals surface area contributed by atoms with Crippen molar-refractivity contribution in [2.24, 2.45) is 0 Å². The van der Waals surface area contributed by atoms with Gasteiger partial charge in [-0.2, -0.15) is 0 Å². The van der Waals surface area contributed by atoms with Gasteiger partial charge in [-0.25, -0.2) is 9.59 Å². The lowest BCUT2D eigenvalue weighted by Gasteiger charge is -2.07. The van der Waals surface area contributed by atoms with Crippen LogP contribution in [0, 0.1) is 0 Å². The van der Waals surface area contributed by atoms with Crippen molar-refractivity contribution in [1.29, 1.82) is 0 Å².